The summed E-state index contributed by atoms with van der Waals surface area (Å²) in [5.41, 5.74) is 0.863. The van der Waals surface area contributed by atoms with Crippen molar-refractivity contribution in [1.29, 1.82) is 0 Å². The van der Waals surface area contributed by atoms with E-state index in [0.717, 1.165) is 42.3 Å². The normalized spacial score (nSPS) is 18.6. The average molecular weight is 320 g/mol. The fraction of sp³-hybridized carbons (Fsp3) is 0.600. The summed E-state index contributed by atoms with van der Waals surface area (Å²) in [6, 6.07) is 0. The Morgan fingerprint density at radius 1 is 1.50 bits per heavy atom. The molecule has 3 heterocycles. The van der Waals surface area contributed by atoms with Crippen molar-refractivity contribution < 1.29 is 9.32 Å². The summed E-state index contributed by atoms with van der Waals surface area (Å²) in [5, 5.41) is 7.02. The molecular formula is C15H20N4O2S. The van der Waals surface area contributed by atoms with Crippen molar-refractivity contribution in [3.63, 3.8) is 0 Å². The first-order valence-corrected chi connectivity index (χ1v) is 8.55. The monoisotopic (exact) mass is 320 g/mol. The summed E-state index contributed by atoms with van der Waals surface area (Å²) in [6.45, 7) is 5.42. The molecule has 1 atom stereocenters. The molecule has 1 amide bonds. The Morgan fingerprint density at radius 2 is 2.36 bits per heavy atom. The minimum absolute atomic E-state index is 0.134. The Bertz CT molecular complexity index is 652. The van der Waals surface area contributed by atoms with Crippen LogP contribution < -0.4 is 0 Å². The number of thiazole rings is 1. The molecule has 0 aromatic carbocycles. The molecule has 0 spiro atoms. The van der Waals surface area contributed by atoms with Crippen molar-refractivity contribution in [2.24, 2.45) is 0 Å². The molecule has 1 fully saturated rings. The quantitative estimate of drug-likeness (QED) is 0.864. The molecule has 22 heavy (non-hydrogen) atoms. The fourth-order valence-corrected chi connectivity index (χ4v) is 3.36. The van der Waals surface area contributed by atoms with Crippen molar-refractivity contribution in [2.45, 2.75) is 45.4 Å². The molecule has 0 saturated carbocycles. The van der Waals surface area contributed by atoms with Crippen molar-refractivity contribution >= 4 is 17.2 Å². The average Bonchev–Trinajstić information content (AvgIpc) is 3.16. The van der Waals surface area contributed by atoms with Crippen molar-refractivity contribution in [3.05, 3.63) is 27.8 Å². The number of carbonyl (C=O) groups is 1. The van der Waals surface area contributed by atoms with E-state index in [1.807, 2.05) is 24.1 Å². The van der Waals surface area contributed by atoms with Gasteiger partial charge in [0.25, 0.3) is 0 Å². The van der Waals surface area contributed by atoms with E-state index in [9.17, 15) is 4.79 Å². The molecule has 6 nitrogen and oxygen atoms in total. The predicted octanol–water partition coefficient (Wildman–Crippen LogP) is 2.35. The van der Waals surface area contributed by atoms with Gasteiger partial charge in [-0.25, -0.2) is 4.98 Å². The van der Waals surface area contributed by atoms with E-state index >= 15 is 0 Å². The van der Waals surface area contributed by atoms with E-state index in [1.54, 1.807) is 11.3 Å². The lowest BCUT2D eigenvalue weighted by Crippen LogP contribution is -2.40. The number of hydrogen-bond donors (Lipinski definition) is 0. The predicted molar refractivity (Wildman–Crippen MR) is 82.8 cm³/mol. The Hall–Kier alpha value is -1.76. The summed E-state index contributed by atoms with van der Waals surface area (Å²) in [5.74, 6) is 1.71. The highest BCUT2D eigenvalue weighted by Crippen LogP contribution is 2.25. The Morgan fingerprint density at radius 3 is 3.05 bits per heavy atom. The van der Waals surface area contributed by atoms with Crippen molar-refractivity contribution in [1.82, 2.24) is 20.0 Å². The maximum absolute atomic E-state index is 12.4. The third-order valence-electron chi connectivity index (χ3n) is 3.92. The van der Waals surface area contributed by atoms with Crippen molar-refractivity contribution in [2.75, 3.05) is 13.1 Å². The maximum atomic E-state index is 12.4. The fourth-order valence-electron chi connectivity index (χ4n) is 2.75. The Kier molecular flexibility index (Phi) is 4.52. The van der Waals surface area contributed by atoms with Crippen LogP contribution in [0.25, 0.3) is 0 Å². The summed E-state index contributed by atoms with van der Waals surface area (Å²) in [6.07, 6.45) is 3.10. The number of aromatic nitrogens is 3. The standard InChI is InChI=1S/C15H20N4O2S/c1-3-13-17-15(18-21-13)11-5-4-6-19(8-11)14(20)7-12-9-22-10(2)16-12/h9,11H,3-8H2,1-2H3/t11-/m0/s1. The Balaban J connectivity index is 1.63. The third kappa shape index (κ3) is 3.35. The minimum Gasteiger partial charge on any atom is -0.342 e. The summed E-state index contributed by atoms with van der Waals surface area (Å²) in [7, 11) is 0. The molecule has 1 aliphatic heterocycles. The van der Waals surface area contributed by atoms with Crippen LogP contribution in [0.5, 0.6) is 0 Å². The lowest BCUT2D eigenvalue weighted by atomic mass is 9.97. The molecule has 2 aromatic heterocycles. The van der Waals surface area contributed by atoms with E-state index in [0.29, 0.717) is 18.9 Å². The van der Waals surface area contributed by atoms with Crippen LogP contribution >= 0.6 is 11.3 Å². The first kappa shape index (κ1) is 15.1. The van der Waals surface area contributed by atoms with Gasteiger partial charge >= 0.3 is 0 Å². The van der Waals surface area contributed by atoms with Gasteiger partial charge in [-0.05, 0) is 19.8 Å². The van der Waals surface area contributed by atoms with Crippen LogP contribution in [0.4, 0.5) is 0 Å². The topological polar surface area (TPSA) is 72.1 Å². The summed E-state index contributed by atoms with van der Waals surface area (Å²) >= 11 is 1.58. The Labute approximate surface area is 133 Å². The van der Waals surface area contributed by atoms with Gasteiger partial charge in [0.15, 0.2) is 5.82 Å². The van der Waals surface area contributed by atoms with Gasteiger partial charge in [-0.1, -0.05) is 12.1 Å². The van der Waals surface area contributed by atoms with Gasteiger partial charge in [0.1, 0.15) is 0 Å². The molecule has 0 unspecified atom stereocenters. The molecular weight excluding hydrogens is 300 g/mol. The van der Waals surface area contributed by atoms with Crippen molar-refractivity contribution in [3.8, 4) is 0 Å². The first-order valence-electron chi connectivity index (χ1n) is 7.67. The van der Waals surface area contributed by atoms with Crippen LogP contribution in [0, 0.1) is 6.92 Å². The van der Waals surface area contributed by atoms with E-state index in [-0.39, 0.29) is 11.8 Å². The van der Waals surface area contributed by atoms with Gasteiger partial charge in [-0.15, -0.1) is 11.3 Å². The van der Waals surface area contributed by atoms with E-state index in [2.05, 4.69) is 15.1 Å². The minimum atomic E-state index is 0.134. The lowest BCUT2D eigenvalue weighted by molar-refractivity contribution is -0.131. The van der Waals surface area contributed by atoms with Crippen LogP contribution in [-0.4, -0.2) is 39.0 Å². The number of likely N-dealkylation sites (tertiary alicyclic amines) is 1. The van der Waals surface area contributed by atoms with E-state index in [4.69, 9.17) is 4.52 Å². The number of amides is 1. The summed E-state index contributed by atoms with van der Waals surface area (Å²) < 4.78 is 5.19. The number of rotatable bonds is 4. The highest BCUT2D eigenvalue weighted by Gasteiger charge is 2.28. The van der Waals surface area contributed by atoms with Gasteiger partial charge in [0.05, 0.1) is 17.1 Å². The number of piperidine rings is 1. The molecule has 7 heteroatoms. The van der Waals surface area contributed by atoms with Gasteiger partial charge in [0.2, 0.25) is 11.8 Å². The van der Waals surface area contributed by atoms with Crippen LogP contribution in [0.15, 0.2) is 9.90 Å². The second-order valence-corrected chi connectivity index (χ2v) is 6.68. The van der Waals surface area contributed by atoms with Crippen LogP contribution in [-0.2, 0) is 17.6 Å². The van der Waals surface area contributed by atoms with Gasteiger partial charge in [-0.2, -0.15) is 4.98 Å². The van der Waals surface area contributed by atoms with Gasteiger partial charge in [-0.3, -0.25) is 4.79 Å². The second-order valence-electron chi connectivity index (χ2n) is 5.61. The van der Waals surface area contributed by atoms with Crippen LogP contribution in [0.2, 0.25) is 0 Å². The number of hydrogen-bond acceptors (Lipinski definition) is 6. The maximum Gasteiger partial charge on any atom is 0.228 e. The number of carbonyl (C=O) groups excluding carboxylic acids is 1. The largest absolute Gasteiger partial charge is 0.342 e. The molecule has 0 radical (unpaired) electrons. The lowest BCUT2D eigenvalue weighted by Gasteiger charge is -2.31. The zero-order valence-corrected chi connectivity index (χ0v) is 13.7. The third-order valence-corrected chi connectivity index (χ3v) is 4.75. The molecule has 0 bridgehead atoms. The van der Waals surface area contributed by atoms with E-state index < -0.39 is 0 Å². The molecule has 1 aliphatic rings. The molecule has 3 rings (SSSR count). The zero-order chi connectivity index (χ0) is 15.5. The SMILES string of the molecule is CCc1nc([C@H]2CCCN(C(=O)Cc3csc(C)n3)C2)no1. The number of aryl methyl sites for hydroxylation is 2. The smallest absolute Gasteiger partial charge is 0.228 e. The zero-order valence-electron chi connectivity index (χ0n) is 12.9. The van der Waals surface area contributed by atoms with Gasteiger partial charge < -0.3 is 9.42 Å². The van der Waals surface area contributed by atoms with E-state index in [1.165, 1.54) is 0 Å². The van der Waals surface area contributed by atoms with Crippen LogP contribution in [0.3, 0.4) is 0 Å². The van der Waals surface area contributed by atoms with Gasteiger partial charge in [0, 0.05) is 30.8 Å². The molecule has 118 valence electrons. The highest BCUT2D eigenvalue weighted by atomic mass is 32.1. The molecule has 0 N–H and O–H groups in total. The highest BCUT2D eigenvalue weighted by molar-refractivity contribution is 7.09. The van der Waals surface area contributed by atoms with Crippen LogP contribution in [0.1, 0.15) is 48.1 Å². The first-order chi connectivity index (χ1) is 10.7. The summed E-state index contributed by atoms with van der Waals surface area (Å²) in [4.78, 5) is 23.1. The number of nitrogens with zero attached hydrogens (tertiary/aromatic N) is 4. The molecule has 2 aromatic rings. The second kappa shape index (κ2) is 6.56. The molecule has 1 saturated heterocycles. The molecule has 0 aliphatic carbocycles.